The lowest BCUT2D eigenvalue weighted by atomic mass is 10.1. The van der Waals surface area contributed by atoms with Crippen molar-refractivity contribution in [1.82, 2.24) is 4.57 Å². The molecule has 26 heavy (non-hydrogen) atoms. The summed E-state index contributed by atoms with van der Waals surface area (Å²) in [5.74, 6) is 0.0205. The molecule has 5 heteroatoms. The Labute approximate surface area is 160 Å². The summed E-state index contributed by atoms with van der Waals surface area (Å²) in [7, 11) is 2.01. The third kappa shape index (κ3) is 5.07. The summed E-state index contributed by atoms with van der Waals surface area (Å²) in [5.41, 5.74) is 3.21. The smallest absolute Gasteiger partial charge is 0.230 e. The fraction of sp³-hybridized carbons (Fsp3) is 0.524. The van der Waals surface area contributed by atoms with Crippen LogP contribution >= 0.6 is 11.3 Å². The molecule has 0 saturated heterocycles. The molecule has 1 aliphatic rings. The minimum absolute atomic E-state index is 0.0205. The van der Waals surface area contributed by atoms with Crippen molar-refractivity contribution in [2.75, 3.05) is 5.32 Å². The maximum absolute atomic E-state index is 12.4. The number of amides is 1. The Morgan fingerprint density at radius 2 is 2.00 bits per heavy atom. The lowest BCUT2D eigenvalue weighted by Gasteiger charge is -2.07. The van der Waals surface area contributed by atoms with Gasteiger partial charge in [-0.05, 0) is 43.4 Å². The number of nitrogens with one attached hydrogen (secondary N) is 1. The van der Waals surface area contributed by atoms with Crippen LogP contribution in [0.25, 0.3) is 0 Å². The quantitative estimate of drug-likeness (QED) is 0.768. The van der Waals surface area contributed by atoms with Crippen molar-refractivity contribution in [1.29, 1.82) is 0 Å². The Hall–Kier alpha value is -1.88. The van der Waals surface area contributed by atoms with E-state index in [1.807, 2.05) is 19.2 Å². The first kappa shape index (κ1) is 18.9. The van der Waals surface area contributed by atoms with Crippen molar-refractivity contribution in [3.05, 3.63) is 45.7 Å². The average Bonchev–Trinajstić information content (AvgIpc) is 3.27. The van der Waals surface area contributed by atoms with Crippen LogP contribution in [0.4, 0.5) is 5.69 Å². The molecular formula is C21H29N3OS. The Bertz CT molecular complexity index is 782. The number of anilines is 1. The summed E-state index contributed by atoms with van der Waals surface area (Å²) in [6.07, 6.45) is 8.85. The summed E-state index contributed by atoms with van der Waals surface area (Å²) in [5, 5.41) is 5.06. The van der Waals surface area contributed by atoms with Crippen molar-refractivity contribution in [2.45, 2.75) is 64.3 Å². The largest absolute Gasteiger partial charge is 0.326 e. The molecule has 1 N–H and O–H groups in total. The topological polar surface area (TPSA) is 46.4 Å². The highest BCUT2D eigenvalue weighted by molar-refractivity contribution is 7.07. The van der Waals surface area contributed by atoms with Gasteiger partial charge in [0, 0.05) is 23.8 Å². The van der Waals surface area contributed by atoms with Crippen LogP contribution in [0.3, 0.4) is 0 Å². The van der Waals surface area contributed by atoms with Gasteiger partial charge < -0.3 is 9.88 Å². The molecule has 0 radical (unpaired) electrons. The third-order valence-corrected chi connectivity index (χ3v) is 6.01. The zero-order chi connectivity index (χ0) is 18.4. The van der Waals surface area contributed by atoms with Crippen LogP contribution in [0.5, 0.6) is 0 Å². The van der Waals surface area contributed by atoms with E-state index in [2.05, 4.69) is 34.3 Å². The molecule has 1 saturated carbocycles. The minimum atomic E-state index is 0.0205. The van der Waals surface area contributed by atoms with Crippen molar-refractivity contribution in [3.8, 4) is 0 Å². The molecule has 4 nitrogen and oxygen atoms in total. The number of rotatable bonds is 7. The van der Waals surface area contributed by atoms with Crippen LogP contribution in [0.15, 0.2) is 34.6 Å². The molecule has 140 valence electrons. The zero-order valence-electron chi connectivity index (χ0n) is 15.8. The summed E-state index contributed by atoms with van der Waals surface area (Å²) < 4.78 is 2.07. The fourth-order valence-electron chi connectivity index (χ4n) is 3.37. The number of nitrogens with zero attached hydrogens (tertiary/aromatic N) is 2. The Kier molecular flexibility index (Phi) is 6.67. The van der Waals surface area contributed by atoms with E-state index in [-0.39, 0.29) is 5.91 Å². The predicted molar refractivity (Wildman–Crippen MR) is 108 cm³/mol. The van der Waals surface area contributed by atoms with E-state index >= 15 is 0 Å². The number of benzene rings is 1. The van der Waals surface area contributed by atoms with Gasteiger partial charge in [0.05, 0.1) is 12.5 Å². The van der Waals surface area contributed by atoms with E-state index in [0.29, 0.717) is 12.5 Å². The van der Waals surface area contributed by atoms with E-state index in [1.54, 1.807) is 11.3 Å². The van der Waals surface area contributed by atoms with Crippen LogP contribution in [0, 0.1) is 0 Å². The standard InChI is InChI=1S/C21H29N3OS/c1-3-4-7-16-10-12-18(13-11-16)22-20(25)14-19-15-26-21(24(19)2)23-17-8-5-6-9-17/h10-13,15,17H,3-9,14H2,1-2H3,(H,22,25). The second-order valence-corrected chi connectivity index (χ2v) is 8.00. The second-order valence-electron chi connectivity index (χ2n) is 7.16. The Balaban J connectivity index is 1.59. The molecular weight excluding hydrogens is 342 g/mol. The lowest BCUT2D eigenvalue weighted by molar-refractivity contribution is -0.115. The molecule has 0 aliphatic heterocycles. The van der Waals surface area contributed by atoms with Gasteiger partial charge in [0.15, 0.2) is 4.80 Å². The number of hydrogen-bond donors (Lipinski definition) is 1. The molecule has 0 bridgehead atoms. The average molecular weight is 372 g/mol. The van der Waals surface area contributed by atoms with Gasteiger partial charge in [-0.15, -0.1) is 11.3 Å². The van der Waals surface area contributed by atoms with E-state index in [1.165, 1.54) is 44.1 Å². The minimum Gasteiger partial charge on any atom is -0.326 e. The highest BCUT2D eigenvalue weighted by atomic mass is 32.1. The van der Waals surface area contributed by atoms with E-state index < -0.39 is 0 Å². The molecule has 0 spiro atoms. The first-order valence-electron chi connectivity index (χ1n) is 9.71. The lowest BCUT2D eigenvalue weighted by Crippen LogP contribution is -2.20. The molecule has 1 aromatic heterocycles. The number of thiazole rings is 1. The number of hydrogen-bond acceptors (Lipinski definition) is 3. The van der Waals surface area contributed by atoms with Gasteiger partial charge in [0.2, 0.25) is 5.91 Å². The molecule has 1 heterocycles. The van der Waals surface area contributed by atoms with E-state index in [9.17, 15) is 4.79 Å². The first-order valence-corrected chi connectivity index (χ1v) is 10.6. The van der Waals surface area contributed by atoms with Gasteiger partial charge in [-0.3, -0.25) is 9.79 Å². The van der Waals surface area contributed by atoms with Crippen molar-refractivity contribution in [2.24, 2.45) is 12.0 Å². The highest BCUT2D eigenvalue weighted by Crippen LogP contribution is 2.20. The summed E-state index contributed by atoms with van der Waals surface area (Å²) in [4.78, 5) is 18.3. The summed E-state index contributed by atoms with van der Waals surface area (Å²) in [6.45, 7) is 2.20. The van der Waals surface area contributed by atoms with Gasteiger partial charge in [0.1, 0.15) is 0 Å². The van der Waals surface area contributed by atoms with Crippen LogP contribution in [0.2, 0.25) is 0 Å². The molecule has 2 aromatic rings. The van der Waals surface area contributed by atoms with Crippen LogP contribution in [-0.2, 0) is 24.7 Å². The normalized spacial score (nSPS) is 15.5. The zero-order valence-corrected chi connectivity index (χ0v) is 16.6. The van der Waals surface area contributed by atoms with Gasteiger partial charge in [-0.2, -0.15) is 0 Å². The molecule has 1 aliphatic carbocycles. The van der Waals surface area contributed by atoms with E-state index in [4.69, 9.17) is 4.99 Å². The monoisotopic (exact) mass is 371 g/mol. The van der Waals surface area contributed by atoms with E-state index in [0.717, 1.165) is 22.6 Å². The number of carbonyl (C=O) groups is 1. The van der Waals surface area contributed by atoms with Crippen LogP contribution in [-0.4, -0.2) is 16.5 Å². The fourth-order valence-corrected chi connectivity index (χ4v) is 4.34. The van der Waals surface area contributed by atoms with Crippen molar-refractivity contribution >= 4 is 22.9 Å². The first-order chi connectivity index (χ1) is 12.7. The van der Waals surface area contributed by atoms with Gasteiger partial charge in [-0.1, -0.05) is 38.3 Å². The maximum Gasteiger partial charge on any atom is 0.230 e. The van der Waals surface area contributed by atoms with Gasteiger partial charge >= 0.3 is 0 Å². The molecule has 3 rings (SSSR count). The van der Waals surface area contributed by atoms with Gasteiger partial charge in [0.25, 0.3) is 0 Å². The van der Waals surface area contributed by atoms with Crippen LogP contribution < -0.4 is 10.1 Å². The highest BCUT2D eigenvalue weighted by Gasteiger charge is 2.14. The predicted octanol–water partition coefficient (Wildman–Crippen LogP) is 4.45. The summed E-state index contributed by atoms with van der Waals surface area (Å²) >= 11 is 1.64. The number of aryl methyl sites for hydroxylation is 1. The molecule has 0 atom stereocenters. The Morgan fingerprint density at radius 3 is 2.69 bits per heavy atom. The van der Waals surface area contributed by atoms with Crippen molar-refractivity contribution < 1.29 is 4.79 Å². The third-order valence-electron chi connectivity index (χ3n) is 5.03. The van der Waals surface area contributed by atoms with Crippen LogP contribution in [0.1, 0.15) is 56.7 Å². The summed E-state index contributed by atoms with van der Waals surface area (Å²) in [6, 6.07) is 8.67. The SMILES string of the molecule is CCCCc1ccc(NC(=O)Cc2csc(=NC3CCCC3)n2C)cc1. The van der Waals surface area contributed by atoms with Gasteiger partial charge in [-0.25, -0.2) is 0 Å². The molecule has 1 aromatic carbocycles. The molecule has 1 amide bonds. The number of carbonyl (C=O) groups excluding carboxylic acids is 1. The molecule has 0 unspecified atom stereocenters. The maximum atomic E-state index is 12.4. The van der Waals surface area contributed by atoms with Crippen molar-refractivity contribution in [3.63, 3.8) is 0 Å². The Morgan fingerprint density at radius 1 is 1.27 bits per heavy atom. The second kappa shape index (κ2) is 9.17. The molecule has 1 fully saturated rings. The number of aromatic nitrogens is 1. The number of unbranched alkanes of at least 4 members (excludes halogenated alkanes) is 1.